The number of aryl methyl sites for hydroxylation is 1. The molecule has 1 aliphatic carbocycles. The van der Waals surface area contributed by atoms with Crippen LogP contribution in [-0.2, 0) is 6.54 Å². The lowest BCUT2D eigenvalue weighted by molar-refractivity contribution is 0.0925. The zero-order valence-electron chi connectivity index (χ0n) is 15.4. The van der Waals surface area contributed by atoms with Crippen LogP contribution < -0.4 is 5.32 Å². The number of amides is 1. The fourth-order valence-corrected chi connectivity index (χ4v) is 4.97. The molecule has 2 aromatic heterocycles. The summed E-state index contributed by atoms with van der Waals surface area (Å²) >= 11 is 1.55. The minimum atomic E-state index is 0.0657. The zero-order chi connectivity index (χ0) is 18.1. The Morgan fingerprint density at radius 1 is 1.31 bits per heavy atom. The first-order chi connectivity index (χ1) is 12.6. The van der Waals surface area contributed by atoms with Crippen molar-refractivity contribution in [1.82, 2.24) is 15.1 Å². The molecule has 1 amide bonds. The molecule has 0 radical (unpaired) electrons. The second-order valence-corrected chi connectivity index (χ2v) is 8.53. The average molecular weight is 368 g/mol. The van der Waals surface area contributed by atoms with Gasteiger partial charge in [-0.3, -0.25) is 9.48 Å². The monoisotopic (exact) mass is 367 g/mol. The van der Waals surface area contributed by atoms with E-state index in [1.54, 1.807) is 11.3 Å². The SMILES string of the molecule is Cc1nn(Cc2ccccc2)c2sc(C(=O)N[C@@H]3CCC[C@@H](C)C3)cc12. The van der Waals surface area contributed by atoms with Gasteiger partial charge < -0.3 is 5.32 Å². The van der Waals surface area contributed by atoms with Crippen LogP contribution in [0.1, 0.15) is 53.5 Å². The summed E-state index contributed by atoms with van der Waals surface area (Å²) in [7, 11) is 0. The Kier molecular flexibility index (Phi) is 4.81. The molecule has 0 spiro atoms. The molecule has 1 aliphatic rings. The maximum atomic E-state index is 12.7. The molecule has 1 saturated carbocycles. The van der Waals surface area contributed by atoms with Gasteiger partial charge in [0.15, 0.2) is 0 Å². The third-order valence-electron chi connectivity index (χ3n) is 5.28. The molecule has 1 fully saturated rings. The minimum absolute atomic E-state index is 0.0657. The van der Waals surface area contributed by atoms with Gasteiger partial charge in [-0.05, 0) is 37.3 Å². The largest absolute Gasteiger partial charge is 0.349 e. The predicted molar refractivity (Wildman–Crippen MR) is 107 cm³/mol. The first-order valence-electron chi connectivity index (χ1n) is 9.42. The average Bonchev–Trinajstić information content (AvgIpc) is 3.18. The Morgan fingerprint density at radius 2 is 2.12 bits per heavy atom. The van der Waals surface area contributed by atoms with E-state index in [4.69, 9.17) is 0 Å². The molecule has 1 N–H and O–H groups in total. The van der Waals surface area contributed by atoms with Crippen molar-refractivity contribution >= 4 is 27.5 Å². The molecule has 2 atom stereocenters. The van der Waals surface area contributed by atoms with Gasteiger partial charge in [-0.15, -0.1) is 11.3 Å². The second kappa shape index (κ2) is 7.23. The van der Waals surface area contributed by atoms with Crippen LogP contribution in [0.2, 0.25) is 0 Å². The Bertz CT molecular complexity index is 912. The standard InChI is InChI=1S/C21H25N3OS/c1-14-7-6-10-17(11-14)22-20(25)19-12-18-15(2)23-24(21(18)26-19)13-16-8-4-3-5-9-16/h3-5,8-9,12,14,17H,6-7,10-11,13H2,1-2H3,(H,22,25)/t14-,17-/m1/s1. The third kappa shape index (κ3) is 3.54. The molecular weight excluding hydrogens is 342 g/mol. The first kappa shape index (κ1) is 17.3. The molecule has 0 saturated heterocycles. The quantitative estimate of drug-likeness (QED) is 0.722. The molecule has 3 aromatic rings. The molecule has 4 rings (SSSR count). The topological polar surface area (TPSA) is 46.9 Å². The number of fused-ring (bicyclic) bond motifs is 1. The Morgan fingerprint density at radius 3 is 2.88 bits per heavy atom. The van der Waals surface area contributed by atoms with Crippen LogP contribution in [0.4, 0.5) is 0 Å². The van der Waals surface area contributed by atoms with E-state index in [0.717, 1.165) is 40.2 Å². The van der Waals surface area contributed by atoms with E-state index in [0.29, 0.717) is 12.0 Å². The lowest BCUT2D eigenvalue weighted by Crippen LogP contribution is -2.37. The summed E-state index contributed by atoms with van der Waals surface area (Å²) in [6.45, 7) is 5.02. The second-order valence-electron chi connectivity index (χ2n) is 7.50. The van der Waals surface area contributed by atoms with Crippen molar-refractivity contribution in [2.24, 2.45) is 5.92 Å². The molecular formula is C21H25N3OS. The number of rotatable bonds is 4. The molecule has 0 unspecified atom stereocenters. The van der Waals surface area contributed by atoms with E-state index >= 15 is 0 Å². The van der Waals surface area contributed by atoms with E-state index < -0.39 is 0 Å². The molecule has 0 aliphatic heterocycles. The highest BCUT2D eigenvalue weighted by Crippen LogP contribution is 2.30. The molecule has 136 valence electrons. The maximum absolute atomic E-state index is 12.7. The summed E-state index contributed by atoms with van der Waals surface area (Å²) in [5.41, 5.74) is 2.20. The van der Waals surface area contributed by atoms with Gasteiger partial charge in [0.05, 0.1) is 17.1 Å². The van der Waals surface area contributed by atoms with Crippen LogP contribution in [0.25, 0.3) is 10.2 Å². The number of carbonyl (C=O) groups is 1. The van der Waals surface area contributed by atoms with Crippen molar-refractivity contribution in [3.8, 4) is 0 Å². The molecule has 2 heterocycles. The normalized spacial score (nSPS) is 20.4. The smallest absolute Gasteiger partial charge is 0.261 e. The summed E-state index contributed by atoms with van der Waals surface area (Å²) in [6, 6.07) is 12.6. The molecule has 5 heteroatoms. The summed E-state index contributed by atoms with van der Waals surface area (Å²) in [6.07, 6.45) is 4.69. The van der Waals surface area contributed by atoms with Gasteiger partial charge in [0.1, 0.15) is 4.83 Å². The van der Waals surface area contributed by atoms with Crippen LogP contribution in [0.5, 0.6) is 0 Å². The number of hydrogen-bond donors (Lipinski definition) is 1. The first-order valence-corrected chi connectivity index (χ1v) is 10.2. The summed E-state index contributed by atoms with van der Waals surface area (Å²) in [5, 5.41) is 9.00. The maximum Gasteiger partial charge on any atom is 0.261 e. The van der Waals surface area contributed by atoms with Crippen molar-refractivity contribution in [1.29, 1.82) is 0 Å². The van der Waals surface area contributed by atoms with Crippen molar-refractivity contribution in [3.05, 3.63) is 52.5 Å². The van der Waals surface area contributed by atoms with Crippen LogP contribution in [0.3, 0.4) is 0 Å². The fraction of sp³-hybridized carbons (Fsp3) is 0.429. The van der Waals surface area contributed by atoms with E-state index in [-0.39, 0.29) is 5.91 Å². The molecule has 4 nitrogen and oxygen atoms in total. The van der Waals surface area contributed by atoms with Crippen LogP contribution in [-0.4, -0.2) is 21.7 Å². The molecule has 26 heavy (non-hydrogen) atoms. The Balaban J connectivity index is 1.55. The third-order valence-corrected chi connectivity index (χ3v) is 6.43. The van der Waals surface area contributed by atoms with Crippen LogP contribution in [0, 0.1) is 12.8 Å². The summed E-state index contributed by atoms with van der Waals surface area (Å²) in [4.78, 5) is 14.6. The lowest BCUT2D eigenvalue weighted by atomic mass is 9.87. The highest BCUT2D eigenvalue weighted by atomic mass is 32.1. The van der Waals surface area contributed by atoms with E-state index in [9.17, 15) is 4.79 Å². The molecule has 1 aromatic carbocycles. The van der Waals surface area contributed by atoms with Gasteiger partial charge in [0.2, 0.25) is 0 Å². The number of thiophene rings is 1. The van der Waals surface area contributed by atoms with Crippen molar-refractivity contribution < 1.29 is 4.79 Å². The van der Waals surface area contributed by atoms with Gasteiger partial charge in [-0.1, -0.05) is 50.1 Å². The van der Waals surface area contributed by atoms with Gasteiger partial charge in [0.25, 0.3) is 5.91 Å². The fourth-order valence-electron chi connectivity index (χ4n) is 3.91. The van der Waals surface area contributed by atoms with Crippen LogP contribution >= 0.6 is 11.3 Å². The van der Waals surface area contributed by atoms with Gasteiger partial charge in [-0.2, -0.15) is 5.10 Å². The minimum Gasteiger partial charge on any atom is -0.349 e. The number of nitrogens with zero attached hydrogens (tertiary/aromatic N) is 2. The lowest BCUT2D eigenvalue weighted by Gasteiger charge is -2.27. The highest BCUT2D eigenvalue weighted by Gasteiger charge is 2.23. The van der Waals surface area contributed by atoms with Gasteiger partial charge >= 0.3 is 0 Å². The van der Waals surface area contributed by atoms with Crippen molar-refractivity contribution in [2.75, 3.05) is 0 Å². The van der Waals surface area contributed by atoms with E-state index in [1.165, 1.54) is 18.4 Å². The number of hydrogen-bond acceptors (Lipinski definition) is 3. The van der Waals surface area contributed by atoms with E-state index in [2.05, 4.69) is 29.5 Å². The Hall–Kier alpha value is -2.14. The Labute approximate surface area is 158 Å². The number of carbonyl (C=O) groups excluding carboxylic acids is 1. The van der Waals surface area contributed by atoms with Crippen LogP contribution in [0.15, 0.2) is 36.4 Å². The zero-order valence-corrected chi connectivity index (χ0v) is 16.2. The summed E-state index contributed by atoms with van der Waals surface area (Å²) in [5.74, 6) is 0.772. The predicted octanol–water partition coefficient (Wildman–Crippen LogP) is 4.76. The van der Waals surface area contributed by atoms with E-state index in [1.807, 2.05) is 35.9 Å². The summed E-state index contributed by atoms with van der Waals surface area (Å²) < 4.78 is 2.02. The number of aromatic nitrogens is 2. The number of nitrogens with one attached hydrogen (secondary N) is 1. The van der Waals surface area contributed by atoms with Crippen molar-refractivity contribution in [3.63, 3.8) is 0 Å². The van der Waals surface area contributed by atoms with Gasteiger partial charge in [0, 0.05) is 11.4 Å². The number of benzene rings is 1. The highest BCUT2D eigenvalue weighted by molar-refractivity contribution is 7.20. The van der Waals surface area contributed by atoms with Crippen molar-refractivity contribution in [2.45, 2.75) is 52.1 Å². The van der Waals surface area contributed by atoms with Gasteiger partial charge in [-0.25, -0.2) is 0 Å². The molecule has 0 bridgehead atoms.